The zero-order valence-corrected chi connectivity index (χ0v) is 23.7. The van der Waals surface area contributed by atoms with Crippen molar-refractivity contribution in [2.45, 2.75) is 52.9 Å². The second kappa shape index (κ2) is 15.6. The average molecular weight is 547 g/mol. The maximum atomic E-state index is 12.8. The van der Waals surface area contributed by atoms with E-state index >= 15 is 0 Å². The van der Waals surface area contributed by atoms with Crippen molar-refractivity contribution in [1.82, 2.24) is 15.8 Å². The summed E-state index contributed by atoms with van der Waals surface area (Å²) in [6.07, 6.45) is 3.77. The number of benzene rings is 1. The molecule has 1 atom stereocenters. The van der Waals surface area contributed by atoms with Crippen LogP contribution in [-0.4, -0.2) is 62.2 Å². The summed E-state index contributed by atoms with van der Waals surface area (Å²) in [7, 11) is 4.60. The van der Waals surface area contributed by atoms with Crippen LogP contribution in [0.2, 0.25) is 0 Å². The van der Waals surface area contributed by atoms with Crippen LogP contribution in [0.5, 0.6) is 17.2 Å². The van der Waals surface area contributed by atoms with Crippen LogP contribution in [0.3, 0.4) is 0 Å². The molecule has 1 aromatic carbocycles. The van der Waals surface area contributed by atoms with Gasteiger partial charge in [-0.2, -0.15) is 0 Å². The maximum absolute atomic E-state index is 12.8. The second-order valence-electron chi connectivity index (χ2n) is 9.97. The monoisotopic (exact) mass is 546 g/mol. The number of carbonyl (C=O) groups excluding carboxylic acids is 3. The highest BCUT2D eigenvalue weighted by atomic mass is 16.5. The molecule has 3 rings (SSSR count). The van der Waals surface area contributed by atoms with Crippen molar-refractivity contribution in [2.75, 3.05) is 39.7 Å². The van der Waals surface area contributed by atoms with Gasteiger partial charge in [-0.3, -0.25) is 19.6 Å². The highest BCUT2D eigenvalue weighted by molar-refractivity contribution is 6.04. The summed E-state index contributed by atoms with van der Waals surface area (Å²) in [5.74, 6) is 0.340. The summed E-state index contributed by atoms with van der Waals surface area (Å²) in [5.41, 5.74) is 4.75. The fourth-order valence-corrected chi connectivity index (χ4v) is 4.23. The number of hydrogen-bond donors (Lipinski definition) is 5. The van der Waals surface area contributed by atoms with Crippen LogP contribution in [0.1, 0.15) is 61.6 Å². The quantitative estimate of drug-likeness (QED) is 0.145. The first-order valence-corrected chi connectivity index (χ1v) is 13.1. The van der Waals surface area contributed by atoms with Crippen molar-refractivity contribution in [3.63, 3.8) is 0 Å². The summed E-state index contributed by atoms with van der Waals surface area (Å²) in [5, 5.41) is 14.7. The number of methoxy groups -OCH3 is 3. The molecule has 11 heteroatoms. The Hall–Kier alpha value is -3.73. The van der Waals surface area contributed by atoms with Gasteiger partial charge in [-0.15, -0.1) is 0 Å². The molecule has 0 spiro atoms. The topological polar surface area (TPSA) is 151 Å². The Labute approximate surface area is 229 Å². The van der Waals surface area contributed by atoms with Crippen molar-refractivity contribution in [1.29, 1.82) is 0 Å². The van der Waals surface area contributed by atoms with Crippen molar-refractivity contribution >= 4 is 23.3 Å². The van der Waals surface area contributed by atoms with E-state index in [0.717, 1.165) is 35.8 Å². The molecule has 1 aliphatic heterocycles. The van der Waals surface area contributed by atoms with E-state index in [0.29, 0.717) is 42.1 Å². The Morgan fingerprint density at radius 1 is 1.05 bits per heavy atom. The SMILES string of the molecule is CC(C)C.COc1cc(CCCC(CC(=O)NO)C(=O)NCC(=O)c2c[nH]c3c2NCC3)cc(OC)c1OC. The van der Waals surface area contributed by atoms with E-state index in [1.807, 2.05) is 12.1 Å². The van der Waals surface area contributed by atoms with E-state index in [-0.39, 0.29) is 18.7 Å². The molecule has 1 unspecified atom stereocenters. The highest BCUT2D eigenvalue weighted by Gasteiger charge is 2.25. The van der Waals surface area contributed by atoms with E-state index in [1.165, 1.54) is 21.3 Å². The maximum Gasteiger partial charge on any atom is 0.244 e. The number of anilines is 1. The lowest BCUT2D eigenvalue weighted by atomic mass is 9.95. The number of aryl methyl sites for hydroxylation is 1. The molecule has 216 valence electrons. The van der Waals surface area contributed by atoms with Gasteiger partial charge in [0, 0.05) is 37.2 Å². The summed E-state index contributed by atoms with van der Waals surface area (Å²) in [6.45, 7) is 7.08. The number of H-pyrrole nitrogens is 1. The van der Waals surface area contributed by atoms with Gasteiger partial charge in [-0.05, 0) is 42.9 Å². The zero-order valence-electron chi connectivity index (χ0n) is 23.7. The fourth-order valence-electron chi connectivity index (χ4n) is 4.23. The third-order valence-electron chi connectivity index (χ3n) is 6.03. The summed E-state index contributed by atoms with van der Waals surface area (Å²) >= 11 is 0. The molecule has 2 aromatic rings. The molecule has 0 aliphatic carbocycles. The Bertz CT molecular complexity index is 1090. The van der Waals surface area contributed by atoms with Gasteiger partial charge < -0.3 is 29.8 Å². The van der Waals surface area contributed by atoms with Crippen molar-refractivity contribution in [3.8, 4) is 17.2 Å². The molecule has 0 fully saturated rings. The van der Waals surface area contributed by atoms with E-state index in [9.17, 15) is 14.4 Å². The Balaban J connectivity index is 0.00000124. The Morgan fingerprint density at radius 3 is 2.26 bits per heavy atom. The average Bonchev–Trinajstić information content (AvgIpc) is 3.54. The van der Waals surface area contributed by atoms with Crippen LogP contribution in [0, 0.1) is 11.8 Å². The number of ether oxygens (including phenoxy) is 3. The lowest BCUT2D eigenvalue weighted by Gasteiger charge is -2.17. The number of rotatable bonds is 13. The van der Waals surface area contributed by atoms with Gasteiger partial charge in [0.1, 0.15) is 0 Å². The summed E-state index contributed by atoms with van der Waals surface area (Å²) in [4.78, 5) is 40.3. The minimum Gasteiger partial charge on any atom is -0.493 e. The molecule has 11 nitrogen and oxygen atoms in total. The van der Waals surface area contributed by atoms with Crippen LogP contribution in [0.4, 0.5) is 5.69 Å². The van der Waals surface area contributed by atoms with Crippen LogP contribution in [-0.2, 0) is 22.4 Å². The normalized spacial score (nSPS) is 12.4. The van der Waals surface area contributed by atoms with Crippen LogP contribution in [0.25, 0.3) is 0 Å². The molecule has 0 saturated heterocycles. The van der Waals surface area contributed by atoms with Gasteiger partial charge in [-0.1, -0.05) is 20.8 Å². The van der Waals surface area contributed by atoms with Crippen molar-refractivity contribution < 1.29 is 33.8 Å². The number of aromatic amines is 1. The van der Waals surface area contributed by atoms with Crippen molar-refractivity contribution in [2.24, 2.45) is 11.8 Å². The van der Waals surface area contributed by atoms with E-state index in [1.54, 1.807) is 11.7 Å². The number of hydrogen-bond acceptors (Lipinski definition) is 8. The van der Waals surface area contributed by atoms with Crippen molar-refractivity contribution in [3.05, 3.63) is 35.2 Å². The number of fused-ring (bicyclic) bond motifs is 1. The van der Waals surface area contributed by atoms with Gasteiger partial charge >= 0.3 is 0 Å². The van der Waals surface area contributed by atoms with Gasteiger partial charge in [0.2, 0.25) is 17.6 Å². The number of hydroxylamine groups is 1. The lowest BCUT2D eigenvalue weighted by molar-refractivity contribution is -0.134. The van der Waals surface area contributed by atoms with E-state index in [4.69, 9.17) is 19.4 Å². The number of amides is 2. The Kier molecular flexibility index (Phi) is 12.6. The molecule has 0 radical (unpaired) electrons. The summed E-state index contributed by atoms with van der Waals surface area (Å²) in [6, 6.07) is 3.66. The largest absolute Gasteiger partial charge is 0.493 e. The predicted molar refractivity (Wildman–Crippen MR) is 148 cm³/mol. The summed E-state index contributed by atoms with van der Waals surface area (Å²) < 4.78 is 16.1. The van der Waals surface area contributed by atoms with Gasteiger partial charge in [0.05, 0.1) is 39.1 Å². The van der Waals surface area contributed by atoms with Gasteiger partial charge in [-0.25, -0.2) is 5.48 Å². The molecule has 2 heterocycles. The van der Waals surface area contributed by atoms with Gasteiger partial charge in [0.15, 0.2) is 17.3 Å². The number of aromatic nitrogens is 1. The first-order chi connectivity index (χ1) is 18.6. The molecular weight excluding hydrogens is 504 g/mol. The number of carbonyl (C=O) groups is 3. The fraction of sp³-hybridized carbons (Fsp3) is 0.536. The van der Waals surface area contributed by atoms with E-state index in [2.05, 4.69) is 36.4 Å². The predicted octanol–water partition coefficient (Wildman–Crippen LogP) is 3.50. The third-order valence-corrected chi connectivity index (χ3v) is 6.03. The first-order valence-electron chi connectivity index (χ1n) is 13.1. The zero-order chi connectivity index (χ0) is 28.9. The minimum atomic E-state index is -0.716. The molecule has 2 amide bonds. The molecule has 1 aliphatic rings. The Morgan fingerprint density at radius 2 is 1.69 bits per heavy atom. The lowest BCUT2D eigenvalue weighted by Crippen LogP contribution is -2.37. The second-order valence-corrected chi connectivity index (χ2v) is 9.97. The molecule has 0 bridgehead atoms. The minimum absolute atomic E-state index is 0.186. The van der Waals surface area contributed by atoms with Crippen LogP contribution >= 0.6 is 0 Å². The van der Waals surface area contributed by atoms with Crippen LogP contribution < -0.4 is 30.3 Å². The molecule has 5 N–H and O–H groups in total. The standard InChI is InChI=1S/C24H32N4O7.C4H10/c1-33-19-9-14(10-20(34-2)23(19)35-3)5-4-6-15(11-21(30)28-32)24(31)27-13-18(29)16-12-26-17-7-8-25-22(16)17;1-4(2)3/h9-10,12,15,25-26,32H,4-8,11,13H2,1-3H3,(H,27,31)(H,28,30);4H,1-3H3. The van der Waals surface area contributed by atoms with Gasteiger partial charge in [0.25, 0.3) is 0 Å². The van der Waals surface area contributed by atoms with Crippen LogP contribution in [0.15, 0.2) is 18.3 Å². The number of nitrogens with one attached hydrogen (secondary N) is 4. The number of ketones is 1. The third kappa shape index (κ3) is 9.20. The highest BCUT2D eigenvalue weighted by Crippen LogP contribution is 2.38. The molecule has 0 saturated carbocycles. The molecular formula is C28H42N4O7. The molecule has 39 heavy (non-hydrogen) atoms. The van der Waals surface area contributed by atoms with E-state index < -0.39 is 17.7 Å². The number of Topliss-reactive ketones (excluding diaryl/α,β-unsaturated/α-hetero) is 1. The molecule has 1 aromatic heterocycles. The first kappa shape index (κ1) is 31.5. The smallest absolute Gasteiger partial charge is 0.244 e.